The second-order valence-corrected chi connectivity index (χ2v) is 8.03. The number of hydrogen-bond donors (Lipinski definition) is 1. The van der Waals surface area contributed by atoms with Gasteiger partial charge in [0.05, 0.1) is 17.7 Å². The van der Waals surface area contributed by atoms with Crippen LogP contribution in [0.25, 0.3) is 0 Å². The highest BCUT2D eigenvalue weighted by Crippen LogP contribution is 2.25. The summed E-state index contributed by atoms with van der Waals surface area (Å²) in [5, 5.41) is 8.44. The van der Waals surface area contributed by atoms with Gasteiger partial charge < -0.3 is 0 Å². The molecular formula is C11H13BrN2O2S2. The Labute approximate surface area is 118 Å². The van der Waals surface area contributed by atoms with Gasteiger partial charge in [0, 0.05) is 15.5 Å². The number of nitrogens with zero attached hydrogens (tertiary/aromatic N) is 1. The van der Waals surface area contributed by atoms with Crippen LogP contribution in [0.2, 0.25) is 0 Å². The van der Waals surface area contributed by atoms with Crippen molar-refractivity contribution in [1.82, 2.24) is 10.2 Å². The number of sulfone groups is 1. The normalized spacial score (nSPS) is 11.8. The van der Waals surface area contributed by atoms with E-state index >= 15 is 0 Å². The molecule has 0 radical (unpaired) electrons. The molecule has 0 saturated carbocycles. The van der Waals surface area contributed by atoms with Crippen LogP contribution in [0.5, 0.6) is 0 Å². The molecule has 0 aliphatic carbocycles. The number of hydrogen-bond acceptors (Lipinski definition) is 4. The Hall–Kier alpha value is -0.660. The van der Waals surface area contributed by atoms with E-state index in [1.165, 1.54) is 11.3 Å². The van der Waals surface area contributed by atoms with E-state index in [0.29, 0.717) is 6.42 Å². The number of aromatic amines is 1. The zero-order chi connectivity index (χ0) is 13.0. The van der Waals surface area contributed by atoms with Gasteiger partial charge >= 0.3 is 0 Å². The molecule has 0 saturated heterocycles. The number of aromatic nitrogens is 2. The summed E-state index contributed by atoms with van der Waals surface area (Å²) in [6, 6.07) is 1.88. The molecule has 0 fully saturated rings. The Kier molecular flexibility index (Phi) is 4.58. The molecule has 2 aromatic rings. The van der Waals surface area contributed by atoms with Gasteiger partial charge in [-0.1, -0.05) is 0 Å². The first-order valence-corrected chi connectivity index (χ1v) is 8.96. The van der Waals surface area contributed by atoms with Crippen LogP contribution in [0.3, 0.4) is 0 Å². The number of halogens is 1. The van der Waals surface area contributed by atoms with Crippen LogP contribution >= 0.6 is 27.3 Å². The van der Waals surface area contributed by atoms with Crippen LogP contribution in [0.4, 0.5) is 0 Å². The van der Waals surface area contributed by atoms with Crippen LogP contribution in [-0.2, 0) is 22.0 Å². The summed E-state index contributed by atoms with van der Waals surface area (Å²) in [5.41, 5.74) is 1.04. The van der Waals surface area contributed by atoms with Crippen LogP contribution in [0.15, 0.2) is 28.3 Å². The van der Waals surface area contributed by atoms with Crippen LogP contribution in [0.1, 0.15) is 16.9 Å². The fourth-order valence-corrected chi connectivity index (χ4v) is 5.17. The summed E-state index contributed by atoms with van der Waals surface area (Å²) in [6.07, 6.45) is 4.89. The minimum atomic E-state index is -3.03. The molecule has 18 heavy (non-hydrogen) atoms. The van der Waals surface area contributed by atoms with Gasteiger partial charge in [-0.3, -0.25) is 5.10 Å². The van der Waals surface area contributed by atoms with Gasteiger partial charge in [-0.25, -0.2) is 8.42 Å². The molecule has 0 amide bonds. The number of thiophene rings is 1. The fourth-order valence-electron chi connectivity index (χ4n) is 1.61. The molecule has 0 aromatic carbocycles. The van der Waals surface area contributed by atoms with Crippen molar-refractivity contribution in [2.45, 2.75) is 18.6 Å². The van der Waals surface area contributed by atoms with E-state index in [1.807, 2.05) is 11.4 Å². The van der Waals surface area contributed by atoms with E-state index in [2.05, 4.69) is 26.1 Å². The zero-order valence-corrected chi connectivity index (χ0v) is 12.8. The lowest BCUT2D eigenvalue weighted by Gasteiger charge is -2.02. The van der Waals surface area contributed by atoms with Gasteiger partial charge in [0.2, 0.25) is 0 Å². The lowest BCUT2D eigenvalue weighted by atomic mass is 10.2. The summed E-state index contributed by atoms with van der Waals surface area (Å²) in [5.74, 6) is 0.332. The minimum absolute atomic E-state index is 0.122. The standard InChI is InChI=1S/C11H13BrN2O2S2/c12-10-3-4-17-11(10)8-18(15,16)5-1-2-9-6-13-14-7-9/h3-4,6-7H,1-2,5,8H2,(H,13,14). The molecule has 7 heteroatoms. The van der Waals surface area contributed by atoms with Crippen LogP contribution in [-0.4, -0.2) is 24.4 Å². The molecule has 0 unspecified atom stereocenters. The van der Waals surface area contributed by atoms with Crippen LogP contribution in [0, 0.1) is 0 Å². The topological polar surface area (TPSA) is 62.8 Å². The van der Waals surface area contributed by atoms with Gasteiger partial charge in [0.1, 0.15) is 0 Å². The number of aryl methyl sites for hydroxylation is 1. The molecule has 2 aromatic heterocycles. The van der Waals surface area contributed by atoms with Crippen molar-refractivity contribution >= 4 is 37.1 Å². The Morgan fingerprint density at radius 3 is 2.89 bits per heavy atom. The minimum Gasteiger partial charge on any atom is -0.285 e. The summed E-state index contributed by atoms with van der Waals surface area (Å²) in [7, 11) is -3.03. The van der Waals surface area contributed by atoms with Crippen molar-refractivity contribution < 1.29 is 8.42 Å². The average Bonchev–Trinajstić information content (AvgIpc) is 2.91. The molecule has 2 rings (SSSR count). The first-order valence-electron chi connectivity index (χ1n) is 5.47. The third-order valence-electron chi connectivity index (χ3n) is 2.52. The van der Waals surface area contributed by atoms with Gasteiger partial charge in [0.25, 0.3) is 0 Å². The van der Waals surface area contributed by atoms with Crippen molar-refractivity contribution in [2.75, 3.05) is 5.75 Å². The molecule has 98 valence electrons. The molecule has 0 aliphatic rings. The average molecular weight is 349 g/mol. The van der Waals surface area contributed by atoms with E-state index in [-0.39, 0.29) is 11.5 Å². The Morgan fingerprint density at radius 1 is 1.44 bits per heavy atom. The molecule has 1 N–H and O–H groups in total. The molecule has 0 spiro atoms. The van der Waals surface area contributed by atoms with E-state index in [4.69, 9.17) is 0 Å². The maximum atomic E-state index is 11.9. The molecule has 0 bridgehead atoms. The molecular weight excluding hydrogens is 336 g/mol. The van der Waals surface area contributed by atoms with Crippen molar-refractivity contribution in [3.05, 3.63) is 38.8 Å². The maximum Gasteiger partial charge on any atom is 0.155 e. The maximum absolute atomic E-state index is 11.9. The van der Waals surface area contributed by atoms with Gasteiger partial charge in [-0.2, -0.15) is 5.10 Å². The Bertz CT molecular complexity index is 590. The number of rotatable bonds is 6. The van der Waals surface area contributed by atoms with Gasteiger partial charge in [-0.15, -0.1) is 11.3 Å². The largest absolute Gasteiger partial charge is 0.285 e. The highest BCUT2D eigenvalue weighted by atomic mass is 79.9. The third-order valence-corrected chi connectivity index (χ3v) is 6.27. The second kappa shape index (κ2) is 5.99. The van der Waals surface area contributed by atoms with Gasteiger partial charge in [0.15, 0.2) is 9.84 Å². The molecule has 0 aliphatic heterocycles. The summed E-state index contributed by atoms with van der Waals surface area (Å²) in [6.45, 7) is 0. The van der Waals surface area contributed by atoms with E-state index < -0.39 is 9.84 Å². The summed E-state index contributed by atoms with van der Waals surface area (Å²) >= 11 is 4.82. The van der Waals surface area contributed by atoms with Crippen LogP contribution < -0.4 is 0 Å². The van der Waals surface area contributed by atoms with Crippen molar-refractivity contribution in [3.8, 4) is 0 Å². The summed E-state index contributed by atoms with van der Waals surface area (Å²) < 4.78 is 24.8. The predicted molar refractivity (Wildman–Crippen MR) is 76.4 cm³/mol. The molecule has 0 atom stereocenters. The lowest BCUT2D eigenvalue weighted by molar-refractivity contribution is 0.593. The third kappa shape index (κ3) is 3.93. The second-order valence-electron chi connectivity index (χ2n) is 3.99. The summed E-state index contributed by atoms with van der Waals surface area (Å²) in [4.78, 5) is 0.873. The van der Waals surface area contributed by atoms with Crippen molar-refractivity contribution in [2.24, 2.45) is 0 Å². The lowest BCUT2D eigenvalue weighted by Crippen LogP contribution is -2.09. The van der Waals surface area contributed by atoms with Crippen molar-refractivity contribution in [1.29, 1.82) is 0 Å². The molecule has 2 heterocycles. The Morgan fingerprint density at radius 2 is 2.28 bits per heavy atom. The SMILES string of the molecule is O=S(=O)(CCCc1cn[nH]c1)Cc1sccc1Br. The highest BCUT2D eigenvalue weighted by Gasteiger charge is 2.14. The predicted octanol–water partition coefficient (Wildman–Crippen LogP) is 2.78. The fraction of sp³-hybridized carbons (Fsp3) is 0.364. The molecule has 4 nitrogen and oxygen atoms in total. The number of H-pyrrole nitrogens is 1. The van der Waals surface area contributed by atoms with Gasteiger partial charge in [-0.05, 0) is 45.8 Å². The zero-order valence-electron chi connectivity index (χ0n) is 9.60. The highest BCUT2D eigenvalue weighted by molar-refractivity contribution is 9.10. The van der Waals surface area contributed by atoms with Crippen molar-refractivity contribution in [3.63, 3.8) is 0 Å². The first-order chi connectivity index (χ1) is 8.57. The smallest absolute Gasteiger partial charge is 0.155 e. The van der Waals surface area contributed by atoms with E-state index in [1.54, 1.807) is 12.4 Å². The van der Waals surface area contributed by atoms with E-state index in [0.717, 1.165) is 21.3 Å². The quantitative estimate of drug-likeness (QED) is 0.872. The van der Waals surface area contributed by atoms with E-state index in [9.17, 15) is 8.42 Å². The number of nitrogens with one attached hydrogen (secondary N) is 1. The monoisotopic (exact) mass is 348 g/mol. The Balaban J connectivity index is 1.86. The first kappa shape index (κ1) is 13.8.